The smallest absolute Gasteiger partial charge is 0.253 e. The highest BCUT2D eigenvalue weighted by Crippen LogP contribution is 2.23. The molecule has 3 nitrogen and oxygen atoms in total. The van der Waals surface area contributed by atoms with Gasteiger partial charge in [0, 0.05) is 9.77 Å². The van der Waals surface area contributed by atoms with Gasteiger partial charge in [-0.1, -0.05) is 17.7 Å². The van der Waals surface area contributed by atoms with E-state index in [-0.39, 0.29) is 11.2 Å². The van der Waals surface area contributed by atoms with E-state index in [0.717, 1.165) is 9.77 Å². The summed E-state index contributed by atoms with van der Waals surface area (Å²) in [6.45, 7) is 5.95. The van der Waals surface area contributed by atoms with E-state index in [1.807, 2.05) is 56.5 Å². The van der Waals surface area contributed by atoms with Gasteiger partial charge in [0.15, 0.2) is 0 Å². The summed E-state index contributed by atoms with van der Waals surface area (Å²) in [5.74, 6) is -0.0916. The molecule has 0 spiro atoms. The maximum atomic E-state index is 12.0. The van der Waals surface area contributed by atoms with Crippen molar-refractivity contribution < 1.29 is 4.79 Å². The Morgan fingerprint density at radius 1 is 1.29 bits per heavy atom. The molecule has 21 heavy (non-hydrogen) atoms. The fraction of sp³-hybridized carbons (Fsp3) is 0.250. The minimum absolute atomic E-state index is 0.0916. The lowest BCUT2D eigenvalue weighted by Gasteiger charge is -2.09. The number of nitrogens with one attached hydrogen (secondary N) is 1. The van der Waals surface area contributed by atoms with Crippen LogP contribution in [0.5, 0.6) is 0 Å². The molecular weight excluding hydrogens is 300 g/mol. The number of aryl methyl sites for hydroxylation is 2. The van der Waals surface area contributed by atoms with Crippen molar-refractivity contribution in [2.24, 2.45) is 5.10 Å². The van der Waals surface area contributed by atoms with Gasteiger partial charge in [-0.2, -0.15) is 5.10 Å². The average Bonchev–Trinajstić information content (AvgIpc) is 2.87. The van der Waals surface area contributed by atoms with Crippen LogP contribution in [-0.4, -0.2) is 17.4 Å². The number of thiophene rings is 1. The molecule has 1 atom stereocenters. The van der Waals surface area contributed by atoms with Gasteiger partial charge in [0.05, 0.1) is 11.5 Å². The second-order valence-corrected chi connectivity index (χ2v) is 7.14. The van der Waals surface area contributed by atoms with Crippen molar-refractivity contribution in [2.45, 2.75) is 30.9 Å². The average molecular weight is 318 g/mol. The van der Waals surface area contributed by atoms with Crippen molar-refractivity contribution in [1.29, 1.82) is 0 Å². The van der Waals surface area contributed by atoms with E-state index in [2.05, 4.69) is 10.5 Å². The molecule has 110 valence electrons. The van der Waals surface area contributed by atoms with Gasteiger partial charge < -0.3 is 0 Å². The Morgan fingerprint density at radius 2 is 2.00 bits per heavy atom. The third-order valence-electron chi connectivity index (χ3n) is 2.96. The highest BCUT2D eigenvalue weighted by Gasteiger charge is 2.13. The molecule has 1 aromatic heterocycles. The van der Waals surface area contributed by atoms with Gasteiger partial charge in [0.2, 0.25) is 0 Å². The van der Waals surface area contributed by atoms with Gasteiger partial charge in [-0.3, -0.25) is 4.79 Å². The normalized spacial score (nSPS) is 12.5. The van der Waals surface area contributed by atoms with E-state index in [9.17, 15) is 4.79 Å². The Bertz CT molecular complexity index is 632. The first-order valence-electron chi connectivity index (χ1n) is 6.66. The van der Waals surface area contributed by atoms with Gasteiger partial charge in [0.1, 0.15) is 0 Å². The number of hydrogen-bond donors (Lipinski definition) is 1. The molecule has 0 saturated carbocycles. The summed E-state index contributed by atoms with van der Waals surface area (Å²) < 4.78 is 0. The SMILES string of the molecule is Cc1ccc(S[C@H](C)C(=O)N/N=C\c2sccc2C)cc1. The Labute approximate surface area is 133 Å². The summed E-state index contributed by atoms with van der Waals surface area (Å²) in [7, 11) is 0. The summed E-state index contributed by atoms with van der Waals surface area (Å²) in [6.07, 6.45) is 1.70. The molecular formula is C16H18N2OS2. The second kappa shape index (κ2) is 7.43. The molecule has 1 amide bonds. The number of rotatable bonds is 5. The van der Waals surface area contributed by atoms with Gasteiger partial charge in [-0.15, -0.1) is 23.1 Å². The van der Waals surface area contributed by atoms with E-state index >= 15 is 0 Å². The predicted molar refractivity (Wildman–Crippen MR) is 91.3 cm³/mol. The summed E-state index contributed by atoms with van der Waals surface area (Å²) >= 11 is 3.14. The van der Waals surface area contributed by atoms with Gasteiger partial charge >= 0.3 is 0 Å². The molecule has 0 aliphatic heterocycles. The standard InChI is InChI=1S/C16H18N2OS2/c1-11-4-6-14(7-5-11)21-13(3)16(19)18-17-10-15-12(2)8-9-20-15/h4-10,13H,1-3H3,(H,18,19)/b17-10-/t13-/m1/s1. The van der Waals surface area contributed by atoms with Crippen LogP contribution < -0.4 is 5.43 Å². The number of thioether (sulfide) groups is 1. The summed E-state index contributed by atoms with van der Waals surface area (Å²) in [4.78, 5) is 14.1. The van der Waals surface area contributed by atoms with Crippen LogP contribution in [0.25, 0.3) is 0 Å². The van der Waals surface area contributed by atoms with Crippen molar-refractivity contribution in [1.82, 2.24) is 5.43 Å². The highest BCUT2D eigenvalue weighted by molar-refractivity contribution is 8.00. The molecule has 2 rings (SSSR count). The van der Waals surface area contributed by atoms with Crippen LogP contribution in [0.3, 0.4) is 0 Å². The van der Waals surface area contributed by atoms with Crippen LogP contribution in [0.4, 0.5) is 0 Å². The van der Waals surface area contributed by atoms with E-state index in [1.54, 1.807) is 17.6 Å². The van der Waals surface area contributed by atoms with Crippen LogP contribution in [-0.2, 0) is 4.79 Å². The molecule has 5 heteroatoms. The number of carbonyl (C=O) groups excluding carboxylic acids is 1. The van der Waals surface area contributed by atoms with Crippen LogP contribution in [0, 0.1) is 13.8 Å². The topological polar surface area (TPSA) is 41.5 Å². The molecule has 1 N–H and O–H groups in total. The maximum Gasteiger partial charge on any atom is 0.253 e. The zero-order valence-corrected chi connectivity index (χ0v) is 13.9. The number of carbonyl (C=O) groups is 1. The molecule has 0 unspecified atom stereocenters. The number of nitrogens with zero attached hydrogens (tertiary/aromatic N) is 1. The van der Waals surface area contributed by atoms with E-state index < -0.39 is 0 Å². The summed E-state index contributed by atoms with van der Waals surface area (Å²) in [5, 5.41) is 5.85. The molecule has 0 radical (unpaired) electrons. The van der Waals surface area contributed by atoms with Crippen molar-refractivity contribution in [3.8, 4) is 0 Å². The monoisotopic (exact) mass is 318 g/mol. The summed E-state index contributed by atoms with van der Waals surface area (Å²) in [5.41, 5.74) is 4.98. The van der Waals surface area contributed by atoms with Gasteiger partial charge in [-0.25, -0.2) is 5.43 Å². The van der Waals surface area contributed by atoms with Crippen molar-refractivity contribution in [2.75, 3.05) is 0 Å². The summed E-state index contributed by atoms with van der Waals surface area (Å²) in [6, 6.07) is 10.2. The molecule has 0 bridgehead atoms. The van der Waals surface area contributed by atoms with Crippen molar-refractivity contribution in [3.05, 3.63) is 51.7 Å². The third kappa shape index (κ3) is 4.72. The maximum absolute atomic E-state index is 12.0. The lowest BCUT2D eigenvalue weighted by atomic mass is 10.2. The third-order valence-corrected chi connectivity index (χ3v) is 5.03. The fourth-order valence-electron chi connectivity index (χ4n) is 1.64. The van der Waals surface area contributed by atoms with Crippen LogP contribution >= 0.6 is 23.1 Å². The van der Waals surface area contributed by atoms with Crippen molar-refractivity contribution >= 4 is 35.2 Å². The minimum atomic E-state index is -0.186. The minimum Gasteiger partial charge on any atom is -0.272 e. The molecule has 0 fully saturated rings. The van der Waals surface area contributed by atoms with Crippen LogP contribution in [0.1, 0.15) is 22.9 Å². The highest BCUT2D eigenvalue weighted by atomic mass is 32.2. The molecule has 2 aromatic rings. The molecule has 1 aromatic carbocycles. The van der Waals surface area contributed by atoms with Gasteiger partial charge in [0.25, 0.3) is 5.91 Å². The number of benzene rings is 1. The van der Waals surface area contributed by atoms with Crippen LogP contribution in [0.15, 0.2) is 45.7 Å². The zero-order chi connectivity index (χ0) is 15.2. The van der Waals surface area contributed by atoms with Crippen LogP contribution in [0.2, 0.25) is 0 Å². The first-order chi connectivity index (χ1) is 10.1. The fourth-order valence-corrected chi connectivity index (χ4v) is 3.28. The number of hydrazone groups is 1. The second-order valence-electron chi connectivity index (χ2n) is 4.78. The molecule has 0 aliphatic rings. The first kappa shape index (κ1) is 15.8. The largest absolute Gasteiger partial charge is 0.272 e. The Hall–Kier alpha value is -1.59. The Morgan fingerprint density at radius 3 is 2.62 bits per heavy atom. The lowest BCUT2D eigenvalue weighted by molar-refractivity contribution is -0.120. The first-order valence-corrected chi connectivity index (χ1v) is 8.42. The van der Waals surface area contributed by atoms with E-state index in [0.29, 0.717) is 0 Å². The number of amides is 1. The van der Waals surface area contributed by atoms with E-state index in [1.165, 1.54) is 22.9 Å². The van der Waals surface area contributed by atoms with Gasteiger partial charge in [-0.05, 0) is 49.9 Å². The van der Waals surface area contributed by atoms with Crippen molar-refractivity contribution in [3.63, 3.8) is 0 Å². The Balaban J connectivity index is 1.86. The lowest BCUT2D eigenvalue weighted by Crippen LogP contribution is -2.26. The molecule has 1 heterocycles. The molecule has 0 aliphatic carbocycles. The zero-order valence-electron chi connectivity index (χ0n) is 12.3. The Kier molecular flexibility index (Phi) is 5.59. The molecule has 0 saturated heterocycles. The predicted octanol–water partition coefficient (Wildman–Crippen LogP) is 4.00. The number of hydrogen-bond acceptors (Lipinski definition) is 4. The quantitative estimate of drug-likeness (QED) is 0.514. The van der Waals surface area contributed by atoms with E-state index in [4.69, 9.17) is 0 Å².